The number of allylic oxidation sites excluding steroid dienone is 4. The average molecular weight is 272 g/mol. The van der Waals surface area contributed by atoms with E-state index < -0.39 is 0 Å². The SMILES string of the molecule is C=C/C(=N\C)C(=C)N(CCC)C(CC)C1C=CC=CC1. The Kier molecular flexibility index (Phi) is 7.06. The Morgan fingerprint density at radius 2 is 2.20 bits per heavy atom. The molecule has 20 heavy (non-hydrogen) atoms. The molecule has 2 nitrogen and oxygen atoms in total. The number of aliphatic imine (C=N–C) groups is 1. The van der Waals surface area contributed by atoms with Crippen molar-refractivity contribution in [2.24, 2.45) is 10.9 Å². The number of hydrogen-bond acceptors (Lipinski definition) is 2. The molecule has 0 aromatic carbocycles. The summed E-state index contributed by atoms with van der Waals surface area (Å²) in [5, 5.41) is 0. The van der Waals surface area contributed by atoms with Crippen LogP contribution in [-0.2, 0) is 0 Å². The van der Waals surface area contributed by atoms with E-state index in [1.54, 1.807) is 13.1 Å². The molecule has 2 atom stereocenters. The molecule has 0 amide bonds. The van der Waals surface area contributed by atoms with E-state index in [0.29, 0.717) is 12.0 Å². The third-order valence-corrected chi connectivity index (χ3v) is 3.87. The first kappa shape index (κ1) is 16.5. The summed E-state index contributed by atoms with van der Waals surface area (Å²) in [5.41, 5.74) is 1.89. The Labute approximate surface area is 124 Å². The molecule has 0 aromatic heterocycles. The normalized spacial score (nSPS) is 19.8. The molecular weight excluding hydrogens is 244 g/mol. The Morgan fingerprint density at radius 3 is 2.65 bits per heavy atom. The number of rotatable bonds is 8. The highest BCUT2D eigenvalue weighted by atomic mass is 15.2. The molecule has 0 fully saturated rings. The summed E-state index contributed by atoms with van der Waals surface area (Å²) in [6.45, 7) is 13.6. The lowest BCUT2D eigenvalue weighted by atomic mass is 9.89. The summed E-state index contributed by atoms with van der Waals surface area (Å²) < 4.78 is 0. The quantitative estimate of drug-likeness (QED) is 0.599. The molecule has 0 aromatic rings. The molecular formula is C18H28N2. The molecule has 1 aliphatic carbocycles. The van der Waals surface area contributed by atoms with Gasteiger partial charge in [0.15, 0.2) is 0 Å². The van der Waals surface area contributed by atoms with E-state index >= 15 is 0 Å². The minimum absolute atomic E-state index is 0.473. The van der Waals surface area contributed by atoms with Crippen molar-refractivity contribution >= 4 is 5.71 Å². The van der Waals surface area contributed by atoms with E-state index in [0.717, 1.165) is 37.2 Å². The zero-order valence-corrected chi connectivity index (χ0v) is 13.2. The van der Waals surface area contributed by atoms with Gasteiger partial charge in [-0.05, 0) is 25.3 Å². The number of nitrogens with zero attached hydrogens (tertiary/aromatic N) is 2. The van der Waals surface area contributed by atoms with Crippen LogP contribution in [0, 0.1) is 5.92 Å². The van der Waals surface area contributed by atoms with Crippen LogP contribution in [-0.4, -0.2) is 30.2 Å². The van der Waals surface area contributed by atoms with Crippen molar-refractivity contribution in [3.63, 3.8) is 0 Å². The van der Waals surface area contributed by atoms with Gasteiger partial charge in [-0.1, -0.05) is 51.3 Å². The van der Waals surface area contributed by atoms with E-state index in [2.05, 4.69) is 61.2 Å². The maximum absolute atomic E-state index is 4.30. The van der Waals surface area contributed by atoms with E-state index in [4.69, 9.17) is 0 Å². The molecule has 0 saturated heterocycles. The lowest BCUT2D eigenvalue weighted by molar-refractivity contribution is 0.210. The standard InChI is InChI=1S/C18H28N2/c1-6-14-20(15(4)17(7-2)19-5)18(8-3)16-12-10-9-11-13-16/h7,9-12,16,18H,2,4,6,8,13-14H2,1,3,5H3/b19-17+. The Bertz CT molecular complexity index is 415. The maximum atomic E-state index is 4.30. The topological polar surface area (TPSA) is 15.6 Å². The minimum Gasteiger partial charge on any atom is -0.367 e. The Morgan fingerprint density at radius 1 is 1.45 bits per heavy atom. The van der Waals surface area contributed by atoms with Gasteiger partial charge in [0.2, 0.25) is 0 Å². The van der Waals surface area contributed by atoms with Gasteiger partial charge in [0.1, 0.15) is 0 Å². The Hall–Kier alpha value is -1.57. The van der Waals surface area contributed by atoms with Crippen molar-refractivity contribution in [3.8, 4) is 0 Å². The molecule has 0 saturated carbocycles. The summed E-state index contributed by atoms with van der Waals surface area (Å²) in [4.78, 5) is 6.71. The summed E-state index contributed by atoms with van der Waals surface area (Å²) in [6, 6.07) is 0.473. The summed E-state index contributed by atoms with van der Waals surface area (Å²) in [5.74, 6) is 0.552. The van der Waals surface area contributed by atoms with Gasteiger partial charge >= 0.3 is 0 Å². The molecule has 0 radical (unpaired) electrons. The van der Waals surface area contributed by atoms with Crippen molar-refractivity contribution in [2.45, 2.75) is 39.2 Å². The lowest BCUT2D eigenvalue weighted by Gasteiger charge is -2.38. The van der Waals surface area contributed by atoms with Crippen LogP contribution in [0.25, 0.3) is 0 Å². The van der Waals surface area contributed by atoms with Crippen LogP contribution in [0.3, 0.4) is 0 Å². The maximum Gasteiger partial charge on any atom is 0.0792 e. The summed E-state index contributed by atoms with van der Waals surface area (Å²) >= 11 is 0. The van der Waals surface area contributed by atoms with Crippen molar-refractivity contribution in [2.75, 3.05) is 13.6 Å². The Balaban J connectivity index is 2.97. The zero-order valence-electron chi connectivity index (χ0n) is 13.2. The van der Waals surface area contributed by atoms with E-state index in [1.807, 2.05) is 0 Å². The van der Waals surface area contributed by atoms with Gasteiger partial charge in [0.25, 0.3) is 0 Å². The molecule has 2 unspecified atom stereocenters. The average Bonchev–Trinajstić information content (AvgIpc) is 2.49. The first-order valence-corrected chi connectivity index (χ1v) is 7.57. The van der Waals surface area contributed by atoms with E-state index in [1.165, 1.54) is 0 Å². The summed E-state index contributed by atoms with van der Waals surface area (Å²) in [7, 11) is 1.80. The molecule has 2 heteroatoms. The zero-order chi connectivity index (χ0) is 15.0. The second kappa shape index (κ2) is 8.57. The second-order valence-electron chi connectivity index (χ2n) is 5.14. The van der Waals surface area contributed by atoms with Crippen molar-refractivity contribution in [3.05, 3.63) is 49.2 Å². The highest BCUT2D eigenvalue weighted by Gasteiger charge is 2.25. The first-order chi connectivity index (χ1) is 9.69. The molecule has 0 N–H and O–H groups in total. The van der Waals surface area contributed by atoms with E-state index in [-0.39, 0.29) is 0 Å². The van der Waals surface area contributed by atoms with Gasteiger partial charge in [0.05, 0.1) is 11.4 Å². The third-order valence-electron chi connectivity index (χ3n) is 3.87. The largest absolute Gasteiger partial charge is 0.367 e. The second-order valence-corrected chi connectivity index (χ2v) is 5.14. The predicted molar refractivity (Wildman–Crippen MR) is 90.2 cm³/mol. The van der Waals surface area contributed by atoms with E-state index in [9.17, 15) is 0 Å². The van der Waals surface area contributed by atoms with Crippen LogP contribution in [0.1, 0.15) is 33.1 Å². The van der Waals surface area contributed by atoms with Gasteiger partial charge in [-0.3, -0.25) is 4.99 Å². The van der Waals surface area contributed by atoms with Crippen LogP contribution in [0.2, 0.25) is 0 Å². The molecule has 0 spiro atoms. The third kappa shape index (κ3) is 3.96. The van der Waals surface area contributed by atoms with Crippen LogP contribution in [0.5, 0.6) is 0 Å². The van der Waals surface area contributed by atoms with Crippen molar-refractivity contribution in [1.29, 1.82) is 0 Å². The predicted octanol–water partition coefficient (Wildman–Crippen LogP) is 4.38. The van der Waals surface area contributed by atoms with Crippen LogP contribution in [0.4, 0.5) is 0 Å². The summed E-state index contributed by atoms with van der Waals surface area (Å²) in [6.07, 6.45) is 14.0. The van der Waals surface area contributed by atoms with Gasteiger partial charge in [-0.2, -0.15) is 0 Å². The van der Waals surface area contributed by atoms with Crippen molar-refractivity contribution in [1.82, 2.24) is 4.90 Å². The molecule has 0 heterocycles. The highest BCUT2D eigenvalue weighted by Crippen LogP contribution is 2.26. The van der Waals surface area contributed by atoms with Crippen LogP contribution >= 0.6 is 0 Å². The van der Waals surface area contributed by atoms with Crippen molar-refractivity contribution < 1.29 is 0 Å². The molecule has 110 valence electrons. The van der Waals surface area contributed by atoms with Gasteiger partial charge in [0, 0.05) is 25.6 Å². The molecule has 0 aliphatic heterocycles. The monoisotopic (exact) mass is 272 g/mol. The van der Waals surface area contributed by atoms with Gasteiger partial charge < -0.3 is 4.90 Å². The molecule has 1 rings (SSSR count). The van der Waals surface area contributed by atoms with Gasteiger partial charge in [-0.15, -0.1) is 0 Å². The minimum atomic E-state index is 0.473. The number of hydrogen-bond donors (Lipinski definition) is 0. The lowest BCUT2D eigenvalue weighted by Crippen LogP contribution is -2.41. The van der Waals surface area contributed by atoms with Crippen LogP contribution < -0.4 is 0 Å². The first-order valence-electron chi connectivity index (χ1n) is 7.57. The fraction of sp³-hybridized carbons (Fsp3) is 0.500. The fourth-order valence-corrected chi connectivity index (χ4v) is 2.87. The fourth-order valence-electron chi connectivity index (χ4n) is 2.87. The van der Waals surface area contributed by atoms with Crippen LogP contribution in [0.15, 0.2) is 54.2 Å². The van der Waals surface area contributed by atoms with Gasteiger partial charge in [-0.25, -0.2) is 0 Å². The molecule has 1 aliphatic rings. The molecule has 0 bridgehead atoms. The highest BCUT2D eigenvalue weighted by molar-refractivity contribution is 6.07. The smallest absolute Gasteiger partial charge is 0.0792 e.